The summed E-state index contributed by atoms with van der Waals surface area (Å²) in [5, 5.41) is 25.1. The average molecular weight is 438 g/mol. The number of aliphatic imine (C=N–C) groups is 1. The molecule has 0 radical (unpaired) electrons. The summed E-state index contributed by atoms with van der Waals surface area (Å²) in [6.07, 6.45) is 6.37. The third-order valence-electron chi connectivity index (χ3n) is 6.51. The van der Waals surface area contributed by atoms with Crippen LogP contribution in [0.4, 0.5) is 5.69 Å². The third-order valence-corrected chi connectivity index (χ3v) is 6.51. The quantitative estimate of drug-likeness (QED) is 0.510. The second-order valence-electron chi connectivity index (χ2n) is 8.46. The second kappa shape index (κ2) is 8.40. The number of aromatic carboxylic acids is 1. The Bertz CT molecular complexity index is 1170. The number of rotatable bonds is 6. The monoisotopic (exact) mass is 437 g/mol. The van der Waals surface area contributed by atoms with E-state index in [9.17, 15) is 15.0 Å². The predicted octanol–water partition coefficient (Wildman–Crippen LogP) is 3.33. The lowest BCUT2D eigenvalue weighted by atomic mass is 10.0. The number of ether oxygens (including phenoxy) is 1. The van der Waals surface area contributed by atoms with Crippen LogP contribution in [0.2, 0.25) is 0 Å². The molecule has 2 saturated heterocycles. The zero-order valence-corrected chi connectivity index (χ0v) is 18.0. The van der Waals surface area contributed by atoms with Gasteiger partial charge in [0.25, 0.3) is 0 Å². The number of carbonyl (C=O) groups is 1. The summed E-state index contributed by atoms with van der Waals surface area (Å²) in [7, 11) is 0. The predicted molar refractivity (Wildman–Crippen MR) is 120 cm³/mol. The molecule has 0 bridgehead atoms. The summed E-state index contributed by atoms with van der Waals surface area (Å²) < 4.78 is 7.31. The van der Waals surface area contributed by atoms with Gasteiger partial charge in [0.2, 0.25) is 0 Å². The van der Waals surface area contributed by atoms with Crippen LogP contribution in [0.15, 0.2) is 35.6 Å². The maximum atomic E-state index is 11.4. The van der Waals surface area contributed by atoms with Gasteiger partial charge in [0.05, 0.1) is 54.5 Å². The molecule has 2 fully saturated rings. The first-order valence-electron chi connectivity index (χ1n) is 11.1. The van der Waals surface area contributed by atoms with Gasteiger partial charge in [-0.1, -0.05) is 6.92 Å². The van der Waals surface area contributed by atoms with Gasteiger partial charge in [-0.15, -0.1) is 0 Å². The molecular weight excluding hydrogens is 410 g/mol. The highest BCUT2D eigenvalue weighted by atomic mass is 16.5. The normalized spacial score (nSPS) is 18.8. The van der Waals surface area contributed by atoms with Crippen molar-refractivity contribution in [2.75, 3.05) is 26.3 Å². The minimum atomic E-state index is -1.01. The molecule has 3 N–H and O–H groups in total. The molecule has 0 unspecified atom stereocenters. The lowest BCUT2D eigenvalue weighted by Gasteiger charge is -2.41. The van der Waals surface area contributed by atoms with Crippen LogP contribution >= 0.6 is 0 Å². The Morgan fingerprint density at radius 1 is 1.28 bits per heavy atom. The largest absolute Gasteiger partial charge is 0.494 e. The van der Waals surface area contributed by atoms with Crippen molar-refractivity contribution in [1.29, 1.82) is 0 Å². The molecule has 5 rings (SSSR count). The Hall–Kier alpha value is -3.17. The number of nitrogens with one attached hydrogen (secondary N) is 1. The van der Waals surface area contributed by atoms with E-state index >= 15 is 0 Å². The van der Waals surface area contributed by atoms with E-state index in [1.54, 1.807) is 18.3 Å². The van der Waals surface area contributed by atoms with Gasteiger partial charge >= 0.3 is 5.97 Å². The van der Waals surface area contributed by atoms with Crippen LogP contribution in [-0.2, 0) is 4.74 Å². The first kappa shape index (κ1) is 20.7. The first-order valence-corrected chi connectivity index (χ1v) is 11.1. The fourth-order valence-corrected chi connectivity index (χ4v) is 4.61. The van der Waals surface area contributed by atoms with E-state index in [1.165, 1.54) is 6.07 Å². The van der Waals surface area contributed by atoms with Crippen molar-refractivity contribution in [2.24, 2.45) is 4.99 Å². The lowest BCUT2D eigenvalue weighted by molar-refractivity contribution is -0.0734. The molecule has 168 valence electrons. The molecule has 3 aromatic rings. The van der Waals surface area contributed by atoms with Gasteiger partial charge in [-0.05, 0) is 37.5 Å². The molecule has 2 aromatic heterocycles. The zero-order chi connectivity index (χ0) is 22.2. The van der Waals surface area contributed by atoms with E-state index in [0.717, 1.165) is 44.8 Å². The van der Waals surface area contributed by atoms with E-state index in [4.69, 9.17) is 9.73 Å². The molecule has 0 aliphatic carbocycles. The van der Waals surface area contributed by atoms with Crippen LogP contribution in [0.5, 0.6) is 5.88 Å². The molecule has 4 heterocycles. The van der Waals surface area contributed by atoms with Crippen molar-refractivity contribution in [3.8, 4) is 5.88 Å². The number of fused-ring (bicyclic) bond motifs is 1. The number of carboxylic acid groups (broad SMARTS) is 1. The number of nitrogens with zero attached hydrogens (tertiary/aromatic N) is 4. The Morgan fingerprint density at radius 3 is 2.72 bits per heavy atom. The first-order chi connectivity index (χ1) is 15.5. The maximum Gasteiger partial charge on any atom is 0.335 e. The molecule has 32 heavy (non-hydrogen) atoms. The highest BCUT2D eigenvalue weighted by Crippen LogP contribution is 2.32. The summed E-state index contributed by atoms with van der Waals surface area (Å²) in [4.78, 5) is 21.6. The number of aromatic hydroxyl groups is 1. The molecule has 2 aliphatic heterocycles. The van der Waals surface area contributed by atoms with Gasteiger partial charge < -0.3 is 19.9 Å². The number of carboxylic acids is 1. The minimum Gasteiger partial charge on any atom is -0.494 e. The highest BCUT2D eigenvalue weighted by Gasteiger charge is 2.30. The Morgan fingerprint density at radius 2 is 2.06 bits per heavy atom. The molecule has 1 aromatic carbocycles. The van der Waals surface area contributed by atoms with Crippen molar-refractivity contribution in [1.82, 2.24) is 19.7 Å². The van der Waals surface area contributed by atoms with Gasteiger partial charge in [0.1, 0.15) is 5.69 Å². The molecular formula is C23H27N5O4. The fraction of sp³-hybridized carbons (Fsp3) is 0.435. The maximum absolute atomic E-state index is 11.4. The second-order valence-corrected chi connectivity index (χ2v) is 8.46. The zero-order valence-electron chi connectivity index (χ0n) is 18.0. The molecule has 0 amide bonds. The summed E-state index contributed by atoms with van der Waals surface area (Å²) in [5.74, 6) is -1.02. The SMILES string of the molecule is CCC(=Nc1cnn(C2CCN(C3COC3)CC2)c1)c1c(O)[nH]c2ccc(C(=O)O)cc12. The third kappa shape index (κ3) is 3.78. The van der Waals surface area contributed by atoms with Crippen LogP contribution in [0, 0.1) is 0 Å². The topological polar surface area (TPSA) is 116 Å². The van der Waals surface area contributed by atoms with E-state index < -0.39 is 5.97 Å². The van der Waals surface area contributed by atoms with Crippen molar-refractivity contribution in [3.05, 3.63) is 41.7 Å². The average Bonchev–Trinajstić information content (AvgIpc) is 3.34. The number of likely N-dealkylation sites (tertiary alicyclic amines) is 1. The summed E-state index contributed by atoms with van der Waals surface area (Å²) in [5.41, 5.74) is 2.77. The molecule has 9 heteroatoms. The van der Waals surface area contributed by atoms with E-state index in [1.807, 2.05) is 17.8 Å². The molecule has 0 atom stereocenters. The summed E-state index contributed by atoms with van der Waals surface area (Å²) in [6, 6.07) is 5.67. The Balaban J connectivity index is 1.39. The van der Waals surface area contributed by atoms with E-state index in [-0.39, 0.29) is 11.4 Å². The molecule has 0 spiro atoms. The van der Waals surface area contributed by atoms with Gasteiger partial charge in [-0.2, -0.15) is 5.10 Å². The van der Waals surface area contributed by atoms with Crippen molar-refractivity contribution < 1.29 is 19.7 Å². The van der Waals surface area contributed by atoms with Gasteiger partial charge in [0, 0.05) is 24.0 Å². The Labute approximate surface area is 185 Å². The van der Waals surface area contributed by atoms with Gasteiger partial charge in [-0.25, -0.2) is 9.79 Å². The van der Waals surface area contributed by atoms with Gasteiger partial charge in [-0.3, -0.25) is 9.58 Å². The van der Waals surface area contributed by atoms with E-state index in [2.05, 4.69) is 15.0 Å². The number of benzene rings is 1. The number of H-pyrrole nitrogens is 1. The number of hydrogen-bond donors (Lipinski definition) is 3. The van der Waals surface area contributed by atoms with Crippen LogP contribution in [-0.4, -0.2) is 73.9 Å². The number of piperidine rings is 1. The van der Waals surface area contributed by atoms with Crippen molar-refractivity contribution in [2.45, 2.75) is 38.3 Å². The molecule has 2 aliphatic rings. The van der Waals surface area contributed by atoms with Crippen LogP contribution in [0.25, 0.3) is 10.9 Å². The number of aromatic amines is 1. The summed E-state index contributed by atoms with van der Waals surface area (Å²) in [6.45, 7) is 5.75. The lowest BCUT2D eigenvalue weighted by Crippen LogP contribution is -2.51. The van der Waals surface area contributed by atoms with Crippen LogP contribution < -0.4 is 0 Å². The molecule has 0 saturated carbocycles. The van der Waals surface area contributed by atoms with Crippen molar-refractivity contribution in [3.63, 3.8) is 0 Å². The van der Waals surface area contributed by atoms with Crippen LogP contribution in [0.1, 0.15) is 48.1 Å². The van der Waals surface area contributed by atoms with E-state index in [0.29, 0.717) is 40.7 Å². The highest BCUT2D eigenvalue weighted by molar-refractivity contribution is 6.14. The minimum absolute atomic E-state index is 0.0112. The fourth-order valence-electron chi connectivity index (χ4n) is 4.61. The van der Waals surface area contributed by atoms with Gasteiger partial charge in [0.15, 0.2) is 5.88 Å². The summed E-state index contributed by atoms with van der Waals surface area (Å²) >= 11 is 0. The number of aromatic nitrogens is 3. The Kier molecular flexibility index (Phi) is 5.44. The number of hydrogen-bond acceptors (Lipinski definition) is 6. The smallest absolute Gasteiger partial charge is 0.335 e. The standard InChI is InChI=1S/C23H27N5O4/c1-2-19(21-18-9-14(23(30)31)3-4-20(18)26-22(21)29)25-15-10-24-28(11-15)16-5-7-27(8-6-16)17-12-32-13-17/h3-4,9-11,16-17,26,29H,2,5-8,12-13H2,1H3,(H,30,31). The van der Waals surface area contributed by atoms with Crippen LogP contribution in [0.3, 0.4) is 0 Å². The van der Waals surface area contributed by atoms with Crippen molar-refractivity contribution >= 4 is 28.3 Å². The molecule has 9 nitrogen and oxygen atoms in total.